The van der Waals surface area contributed by atoms with E-state index < -0.39 is 17.9 Å². The van der Waals surface area contributed by atoms with Gasteiger partial charge in [0.1, 0.15) is 0 Å². The first-order chi connectivity index (χ1) is 6.13. The zero-order valence-corrected chi connectivity index (χ0v) is 11.6. The molecule has 1 rings (SSSR count). The molecule has 2 unspecified atom stereocenters. The average Bonchev–Trinajstić information content (AvgIpc) is 1.95. The molecule has 1 heterocycles. The van der Waals surface area contributed by atoms with E-state index >= 15 is 0 Å². The molecule has 1 fully saturated rings. The fraction of sp³-hybridized carbons (Fsp3) is 1.00. The second-order valence-electron chi connectivity index (χ2n) is 5.66. The van der Waals surface area contributed by atoms with E-state index in [9.17, 15) is 8.42 Å². The van der Waals surface area contributed by atoms with Crippen molar-refractivity contribution in [1.29, 1.82) is 0 Å². The van der Waals surface area contributed by atoms with Gasteiger partial charge in [-0.2, -0.15) is 0 Å². The molecule has 1 aliphatic heterocycles. The molecule has 14 heavy (non-hydrogen) atoms. The molecule has 84 valence electrons. The van der Waals surface area contributed by atoms with Gasteiger partial charge in [0.15, 0.2) is 9.84 Å². The van der Waals surface area contributed by atoms with Gasteiger partial charge in [-0.1, -0.05) is 19.6 Å². The van der Waals surface area contributed by atoms with Crippen molar-refractivity contribution in [3.63, 3.8) is 0 Å². The maximum Gasteiger partial charge on any atom is 0.156 e. The molecule has 0 aromatic rings. The minimum atomic E-state index is -2.76. The van der Waals surface area contributed by atoms with Crippen LogP contribution < -0.4 is 0 Å². The maximum absolute atomic E-state index is 11.6. The second kappa shape index (κ2) is 3.61. The van der Waals surface area contributed by atoms with Crippen molar-refractivity contribution in [2.24, 2.45) is 0 Å². The van der Waals surface area contributed by atoms with Crippen molar-refractivity contribution in [1.82, 2.24) is 4.90 Å². The summed E-state index contributed by atoms with van der Waals surface area (Å²) in [6, 6.07) is 1.16. The fourth-order valence-corrected chi connectivity index (χ4v) is 7.64. The van der Waals surface area contributed by atoms with Gasteiger partial charge in [0.25, 0.3) is 0 Å². The third-order valence-electron chi connectivity index (χ3n) is 2.77. The topological polar surface area (TPSA) is 37.4 Å². The van der Waals surface area contributed by atoms with Crippen molar-refractivity contribution < 1.29 is 8.42 Å². The molecular formula is C9H21NO2SSi. The Morgan fingerprint density at radius 3 is 2.07 bits per heavy atom. The quantitative estimate of drug-likeness (QED) is 0.686. The van der Waals surface area contributed by atoms with Gasteiger partial charge in [0, 0.05) is 14.1 Å². The number of hydrogen-bond acceptors (Lipinski definition) is 3. The molecular weight excluding hydrogens is 214 g/mol. The van der Waals surface area contributed by atoms with Crippen LogP contribution in [-0.2, 0) is 9.84 Å². The van der Waals surface area contributed by atoms with Crippen LogP contribution in [0.3, 0.4) is 0 Å². The molecule has 0 N–H and O–H groups in total. The van der Waals surface area contributed by atoms with E-state index in [0.717, 1.165) is 6.04 Å². The van der Waals surface area contributed by atoms with Gasteiger partial charge in [-0.25, -0.2) is 8.42 Å². The van der Waals surface area contributed by atoms with E-state index in [2.05, 4.69) is 19.6 Å². The summed E-state index contributed by atoms with van der Waals surface area (Å²) in [4.78, 5) is 2.05. The van der Waals surface area contributed by atoms with E-state index in [4.69, 9.17) is 0 Å². The Balaban J connectivity index is 2.73. The predicted octanol–water partition coefficient (Wildman–Crippen LogP) is 1.05. The lowest BCUT2D eigenvalue weighted by atomic mass is 10.2. The first-order valence-electron chi connectivity index (χ1n) is 5.01. The Labute approximate surface area is 88.4 Å². The Bertz CT molecular complexity index is 305. The molecule has 0 bridgehead atoms. The highest BCUT2D eigenvalue weighted by molar-refractivity contribution is 7.93. The highest BCUT2D eigenvalue weighted by Gasteiger charge is 2.48. The van der Waals surface area contributed by atoms with Gasteiger partial charge >= 0.3 is 0 Å². The van der Waals surface area contributed by atoms with E-state index in [1.54, 1.807) is 0 Å². The molecule has 0 amide bonds. The lowest BCUT2D eigenvalue weighted by Crippen LogP contribution is -2.60. The van der Waals surface area contributed by atoms with Crippen LogP contribution >= 0.6 is 0 Å². The molecule has 0 aromatic heterocycles. The maximum atomic E-state index is 11.6. The van der Waals surface area contributed by atoms with Crippen molar-refractivity contribution in [3.8, 4) is 0 Å². The van der Waals surface area contributed by atoms with Crippen LogP contribution in [0.1, 0.15) is 0 Å². The van der Waals surface area contributed by atoms with Gasteiger partial charge in [-0.3, -0.25) is 0 Å². The average molecular weight is 235 g/mol. The summed E-state index contributed by atoms with van der Waals surface area (Å²) in [5, 5.41) is -0.0934. The van der Waals surface area contributed by atoms with Crippen LogP contribution in [0, 0.1) is 0 Å². The van der Waals surface area contributed by atoms with Crippen LogP contribution in [0.25, 0.3) is 0 Å². The third kappa shape index (κ3) is 2.58. The first kappa shape index (κ1) is 12.2. The molecule has 0 aromatic carbocycles. The van der Waals surface area contributed by atoms with E-state index in [1.165, 1.54) is 0 Å². The SMILES string of the molecule is CN(C)C1CS(=O)(=O)C1C[Si](C)(C)C. The van der Waals surface area contributed by atoms with E-state index in [1.807, 2.05) is 19.0 Å². The zero-order valence-electron chi connectivity index (χ0n) is 9.74. The monoisotopic (exact) mass is 235 g/mol. The molecule has 1 saturated heterocycles. The van der Waals surface area contributed by atoms with Gasteiger partial charge < -0.3 is 4.90 Å². The Morgan fingerprint density at radius 2 is 1.79 bits per heavy atom. The van der Waals surface area contributed by atoms with E-state index in [-0.39, 0.29) is 11.3 Å². The fourth-order valence-electron chi connectivity index (χ4n) is 1.93. The summed E-state index contributed by atoms with van der Waals surface area (Å²) in [5.41, 5.74) is 0. The van der Waals surface area contributed by atoms with Crippen LogP contribution in [0.15, 0.2) is 0 Å². The third-order valence-corrected chi connectivity index (χ3v) is 6.94. The summed E-state index contributed by atoms with van der Waals surface area (Å²) in [5.74, 6) is 0.356. The normalized spacial score (nSPS) is 31.6. The van der Waals surface area contributed by atoms with Crippen molar-refractivity contribution in [2.75, 3.05) is 19.8 Å². The first-order valence-corrected chi connectivity index (χ1v) is 10.4. The van der Waals surface area contributed by atoms with Gasteiger partial charge in [0.2, 0.25) is 0 Å². The number of nitrogens with zero attached hydrogens (tertiary/aromatic N) is 1. The predicted molar refractivity (Wildman–Crippen MR) is 63.2 cm³/mol. The van der Waals surface area contributed by atoms with Crippen LogP contribution in [-0.4, -0.2) is 52.5 Å². The Hall–Kier alpha value is 0.127. The minimum absolute atomic E-state index is 0.0934. The highest BCUT2D eigenvalue weighted by Crippen LogP contribution is 2.31. The molecule has 0 aliphatic carbocycles. The summed E-state index contributed by atoms with van der Waals surface area (Å²) in [7, 11) is -0.0913. The molecule has 2 atom stereocenters. The number of sulfone groups is 1. The number of hydrogen-bond donors (Lipinski definition) is 0. The van der Waals surface area contributed by atoms with Crippen molar-refractivity contribution >= 4 is 17.9 Å². The number of rotatable bonds is 3. The van der Waals surface area contributed by atoms with Gasteiger partial charge in [0.05, 0.1) is 11.0 Å². The summed E-state index contributed by atoms with van der Waals surface area (Å²) in [6.07, 6.45) is 0. The van der Waals surface area contributed by atoms with Gasteiger partial charge in [-0.15, -0.1) is 0 Å². The summed E-state index contributed by atoms with van der Waals surface area (Å²) in [6.45, 7) is 6.69. The van der Waals surface area contributed by atoms with Crippen LogP contribution in [0.2, 0.25) is 25.7 Å². The lowest BCUT2D eigenvalue weighted by molar-refractivity contribution is 0.284. The highest BCUT2D eigenvalue weighted by atomic mass is 32.2. The molecule has 0 spiro atoms. The van der Waals surface area contributed by atoms with Gasteiger partial charge in [-0.05, 0) is 20.1 Å². The Morgan fingerprint density at radius 1 is 1.29 bits per heavy atom. The standard InChI is InChI=1S/C9H21NO2SSi/c1-10(2)8-6-13(11,12)9(8)7-14(3,4)5/h8-9H,6-7H2,1-5H3. The van der Waals surface area contributed by atoms with Crippen LogP contribution in [0.4, 0.5) is 0 Å². The van der Waals surface area contributed by atoms with Crippen LogP contribution in [0.5, 0.6) is 0 Å². The lowest BCUT2D eigenvalue weighted by Gasteiger charge is -2.42. The molecule has 1 aliphatic rings. The largest absolute Gasteiger partial charge is 0.304 e. The molecule has 0 saturated carbocycles. The smallest absolute Gasteiger partial charge is 0.156 e. The summed E-state index contributed by atoms with van der Waals surface area (Å²) < 4.78 is 23.2. The molecule has 0 radical (unpaired) electrons. The van der Waals surface area contributed by atoms with E-state index in [0.29, 0.717) is 5.75 Å². The molecule has 5 heteroatoms. The van der Waals surface area contributed by atoms with Crippen molar-refractivity contribution in [2.45, 2.75) is 37.0 Å². The minimum Gasteiger partial charge on any atom is -0.304 e. The Kier molecular flexibility index (Phi) is 3.14. The summed E-state index contributed by atoms with van der Waals surface area (Å²) >= 11 is 0. The second-order valence-corrected chi connectivity index (χ2v) is 13.5. The molecule has 3 nitrogen and oxygen atoms in total. The zero-order chi connectivity index (χ0) is 11.1. The van der Waals surface area contributed by atoms with Crippen molar-refractivity contribution in [3.05, 3.63) is 0 Å².